The molecule has 4 rings (SSSR count). The number of nitrogens with one attached hydrogen (secondary N) is 1. The van der Waals surface area contributed by atoms with Gasteiger partial charge in [-0.2, -0.15) is 5.10 Å². The molecule has 0 saturated carbocycles. The molecule has 1 N–H and O–H groups in total. The largest absolute Gasteiger partial charge is 0.298 e. The number of imidazole rings is 1. The normalized spacial score (nSPS) is 12.1. The molecule has 4 aromatic heterocycles. The van der Waals surface area contributed by atoms with Crippen LogP contribution in [0.15, 0.2) is 47.1 Å². The lowest BCUT2D eigenvalue weighted by molar-refractivity contribution is 0.594. The van der Waals surface area contributed by atoms with Crippen molar-refractivity contribution in [2.75, 3.05) is 5.75 Å². The number of thiophene rings is 1. The van der Waals surface area contributed by atoms with Crippen molar-refractivity contribution in [1.82, 2.24) is 19.6 Å². The van der Waals surface area contributed by atoms with Crippen LogP contribution in [0, 0.1) is 6.92 Å². The first-order chi connectivity index (χ1) is 13.0. The Balaban J connectivity index is 1.76. The number of aromatic amines is 1. The summed E-state index contributed by atoms with van der Waals surface area (Å²) in [5.41, 5.74) is 4.76. The zero-order valence-corrected chi connectivity index (χ0v) is 16.8. The van der Waals surface area contributed by atoms with Gasteiger partial charge in [0, 0.05) is 23.0 Å². The number of aromatic nitrogens is 4. The molecule has 0 aliphatic rings. The molecule has 0 atom stereocenters. The van der Waals surface area contributed by atoms with Gasteiger partial charge in [0.05, 0.1) is 28.7 Å². The SMILES string of the molecule is CCCCS(=O)(=O)c1ccc(-c2cnc3ccc(-c4cn[nH]c4C)cn23)s1. The number of hydrogen-bond donors (Lipinski definition) is 1. The fourth-order valence-electron chi connectivity index (χ4n) is 3.02. The Labute approximate surface area is 161 Å². The van der Waals surface area contributed by atoms with Crippen molar-refractivity contribution in [2.24, 2.45) is 0 Å². The Hall–Kier alpha value is -2.45. The maximum Gasteiger partial charge on any atom is 0.187 e. The molecule has 0 radical (unpaired) electrons. The minimum Gasteiger partial charge on any atom is -0.298 e. The summed E-state index contributed by atoms with van der Waals surface area (Å²) in [5.74, 6) is 0.195. The average molecular weight is 401 g/mol. The van der Waals surface area contributed by atoms with Crippen LogP contribution in [0.3, 0.4) is 0 Å². The monoisotopic (exact) mass is 400 g/mol. The van der Waals surface area contributed by atoms with Crippen LogP contribution < -0.4 is 0 Å². The number of rotatable bonds is 6. The number of nitrogens with zero attached hydrogens (tertiary/aromatic N) is 3. The molecule has 4 aromatic rings. The Morgan fingerprint density at radius 1 is 1.19 bits per heavy atom. The minimum absolute atomic E-state index is 0.195. The van der Waals surface area contributed by atoms with Gasteiger partial charge in [0.1, 0.15) is 9.86 Å². The van der Waals surface area contributed by atoms with Crippen LogP contribution in [0.1, 0.15) is 25.5 Å². The molecule has 140 valence electrons. The summed E-state index contributed by atoms with van der Waals surface area (Å²) in [7, 11) is -3.22. The number of unbranched alkanes of at least 4 members (excludes halogenated alkanes) is 1. The zero-order chi connectivity index (χ0) is 19.0. The third-order valence-electron chi connectivity index (χ3n) is 4.55. The lowest BCUT2D eigenvalue weighted by Gasteiger charge is -2.04. The molecule has 0 unspecified atom stereocenters. The summed E-state index contributed by atoms with van der Waals surface area (Å²) in [6, 6.07) is 7.54. The minimum atomic E-state index is -3.22. The fourth-order valence-corrected chi connectivity index (χ4v) is 5.94. The van der Waals surface area contributed by atoms with Gasteiger partial charge in [-0.1, -0.05) is 13.3 Å². The van der Waals surface area contributed by atoms with Crippen molar-refractivity contribution in [1.29, 1.82) is 0 Å². The van der Waals surface area contributed by atoms with E-state index in [0.717, 1.165) is 39.5 Å². The molecule has 4 heterocycles. The van der Waals surface area contributed by atoms with Gasteiger partial charge in [0.2, 0.25) is 0 Å². The molecule has 0 aromatic carbocycles. The maximum atomic E-state index is 12.5. The van der Waals surface area contributed by atoms with E-state index < -0.39 is 9.84 Å². The van der Waals surface area contributed by atoms with E-state index in [-0.39, 0.29) is 5.75 Å². The predicted octanol–water partition coefficient (Wildman–Crippen LogP) is 4.34. The molecule has 8 heteroatoms. The van der Waals surface area contributed by atoms with Crippen molar-refractivity contribution in [2.45, 2.75) is 30.9 Å². The van der Waals surface area contributed by atoms with Crippen LogP contribution in [0.5, 0.6) is 0 Å². The van der Waals surface area contributed by atoms with E-state index in [0.29, 0.717) is 10.6 Å². The molecular formula is C19H20N4O2S2. The second kappa shape index (κ2) is 6.94. The highest BCUT2D eigenvalue weighted by Gasteiger charge is 2.18. The first-order valence-electron chi connectivity index (χ1n) is 8.80. The van der Waals surface area contributed by atoms with E-state index in [1.807, 2.05) is 42.6 Å². The van der Waals surface area contributed by atoms with E-state index in [9.17, 15) is 8.42 Å². The van der Waals surface area contributed by atoms with Gasteiger partial charge >= 0.3 is 0 Å². The lowest BCUT2D eigenvalue weighted by Crippen LogP contribution is -2.04. The molecule has 0 aliphatic heterocycles. The van der Waals surface area contributed by atoms with Crippen LogP contribution in [0.25, 0.3) is 27.3 Å². The van der Waals surface area contributed by atoms with E-state index in [4.69, 9.17) is 0 Å². The number of fused-ring (bicyclic) bond motifs is 1. The van der Waals surface area contributed by atoms with Gasteiger partial charge in [-0.15, -0.1) is 11.3 Å². The molecule has 27 heavy (non-hydrogen) atoms. The van der Waals surface area contributed by atoms with Crippen LogP contribution in [-0.4, -0.2) is 33.8 Å². The summed E-state index contributed by atoms with van der Waals surface area (Å²) < 4.78 is 27.3. The Bertz CT molecular complexity index is 1200. The molecule has 0 saturated heterocycles. The fraction of sp³-hybridized carbons (Fsp3) is 0.263. The number of aryl methyl sites for hydroxylation is 1. The van der Waals surface area contributed by atoms with Crippen molar-refractivity contribution in [3.05, 3.63) is 48.5 Å². The first-order valence-corrected chi connectivity index (χ1v) is 11.3. The highest BCUT2D eigenvalue weighted by Crippen LogP contribution is 2.33. The first kappa shape index (κ1) is 17.9. The topological polar surface area (TPSA) is 80.1 Å². The van der Waals surface area contributed by atoms with Crippen LogP contribution in [0.4, 0.5) is 0 Å². The number of pyridine rings is 1. The lowest BCUT2D eigenvalue weighted by atomic mass is 10.1. The summed E-state index contributed by atoms with van der Waals surface area (Å²) in [5, 5.41) is 7.04. The number of sulfone groups is 1. The molecular weight excluding hydrogens is 380 g/mol. The second-order valence-electron chi connectivity index (χ2n) is 6.49. The van der Waals surface area contributed by atoms with Gasteiger partial charge in [0.25, 0.3) is 0 Å². The smallest absolute Gasteiger partial charge is 0.187 e. The summed E-state index contributed by atoms with van der Waals surface area (Å²) in [4.78, 5) is 5.35. The quantitative estimate of drug-likeness (QED) is 0.522. The van der Waals surface area contributed by atoms with Crippen molar-refractivity contribution in [3.8, 4) is 21.7 Å². The summed E-state index contributed by atoms with van der Waals surface area (Å²) in [6.07, 6.45) is 7.15. The molecule has 0 amide bonds. The van der Waals surface area contributed by atoms with E-state index in [1.165, 1.54) is 11.3 Å². The maximum absolute atomic E-state index is 12.5. The summed E-state index contributed by atoms with van der Waals surface area (Å²) in [6.45, 7) is 3.97. The molecule has 0 bridgehead atoms. The predicted molar refractivity (Wildman–Crippen MR) is 108 cm³/mol. The molecule has 6 nitrogen and oxygen atoms in total. The van der Waals surface area contributed by atoms with Crippen molar-refractivity contribution in [3.63, 3.8) is 0 Å². The number of hydrogen-bond acceptors (Lipinski definition) is 5. The second-order valence-corrected chi connectivity index (χ2v) is 9.91. The van der Waals surface area contributed by atoms with Crippen molar-refractivity contribution < 1.29 is 8.42 Å². The van der Waals surface area contributed by atoms with Gasteiger partial charge in [-0.05, 0) is 37.6 Å². The molecule has 0 spiro atoms. The third kappa shape index (κ3) is 3.30. The average Bonchev–Trinajstić information content (AvgIpc) is 3.38. The van der Waals surface area contributed by atoms with Crippen LogP contribution >= 0.6 is 11.3 Å². The zero-order valence-electron chi connectivity index (χ0n) is 15.1. The van der Waals surface area contributed by atoms with Gasteiger partial charge in [-0.3, -0.25) is 9.50 Å². The number of H-pyrrole nitrogens is 1. The molecule has 0 aliphatic carbocycles. The third-order valence-corrected chi connectivity index (χ3v) is 8.04. The van der Waals surface area contributed by atoms with Crippen LogP contribution in [0.2, 0.25) is 0 Å². The molecule has 0 fully saturated rings. The van der Waals surface area contributed by atoms with Gasteiger partial charge in [0.15, 0.2) is 9.84 Å². The van der Waals surface area contributed by atoms with E-state index in [1.54, 1.807) is 18.5 Å². The Morgan fingerprint density at radius 3 is 2.78 bits per heavy atom. The van der Waals surface area contributed by atoms with E-state index in [2.05, 4.69) is 15.2 Å². The highest BCUT2D eigenvalue weighted by atomic mass is 32.2. The van der Waals surface area contributed by atoms with Crippen molar-refractivity contribution >= 4 is 26.8 Å². The summed E-state index contributed by atoms with van der Waals surface area (Å²) >= 11 is 1.30. The highest BCUT2D eigenvalue weighted by molar-refractivity contribution is 7.93. The van der Waals surface area contributed by atoms with E-state index >= 15 is 0 Å². The van der Waals surface area contributed by atoms with Gasteiger partial charge < -0.3 is 0 Å². The van der Waals surface area contributed by atoms with Gasteiger partial charge in [-0.25, -0.2) is 13.4 Å². The standard InChI is InChI=1S/C19H20N4O2S2/c1-3-4-9-27(24,25)19-8-6-17(26-19)16-11-20-18-7-5-14(12-23(16)18)15-10-21-22-13(15)2/h5-8,10-12H,3-4,9H2,1-2H3,(H,21,22). The Morgan fingerprint density at radius 2 is 2.04 bits per heavy atom. The van der Waals surface area contributed by atoms with Crippen LogP contribution in [-0.2, 0) is 9.84 Å². The Kier molecular flexibility index (Phi) is 4.61.